The number of rotatable bonds is 5. The predicted molar refractivity (Wildman–Crippen MR) is 80.4 cm³/mol. The second kappa shape index (κ2) is 6.68. The van der Waals surface area contributed by atoms with Crippen LogP contribution in [0.3, 0.4) is 0 Å². The van der Waals surface area contributed by atoms with E-state index in [9.17, 15) is 0 Å². The first-order chi connectivity index (χ1) is 9.22. The van der Waals surface area contributed by atoms with Gasteiger partial charge in [-0.05, 0) is 42.8 Å². The number of nitrogens with one attached hydrogen (secondary N) is 1. The molecule has 0 saturated carbocycles. The number of ether oxygens (including phenoxy) is 1. The Hall–Kier alpha value is -1.39. The number of hydrogen-bond donors (Lipinski definition) is 1. The zero-order valence-corrected chi connectivity index (χ0v) is 12.6. The largest absolute Gasteiger partial charge is 0.495 e. The average molecular weight is 321 g/mol. The van der Waals surface area contributed by atoms with Gasteiger partial charge in [-0.15, -0.1) is 0 Å². The SMILES string of the molecule is CNC(Cc1ccc(Br)cc1)c1cncc(OC)c1. The molecular weight excluding hydrogens is 304 g/mol. The molecule has 1 unspecified atom stereocenters. The van der Waals surface area contributed by atoms with Gasteiger partial charge in [-0.3, -0.25) is 4.98 Å². The van der Waals surface area contributed by atoms with Crippen LogP contribution >= 0.6 is 15.9 Å². The van der Waals surface area contributed by atoms with Crippen LogP contribution in [0.5, 0.6) is 5.75 Å². The molecule has 0 bridgehead atoms. The minimum Gasteiger partial charge on any atom is -0.495 e. The number of methoxy groups -OCH3 is 1. The van der Waals surface area contributed by atoms with Crippen LogP contribution in [0.15, 0.2) is 47.2 Å². The molecule has 1 aromatic heterocycles. The van der Waals surface area contributed by atoms with Gasteiger partial charge in [-0.25, -0.2) is 0 Å². The van der Waals surface area contributed by atoms with Gasteiger partial charge < -0.3 is 10.1 Å². The lowest BCUT2D eigenvalue weighted by molar-refractivity contribution is 0.411. The van der Waals surface area contributed by atoms with E-state index in [1.54, 1.807) is 13.3 Å². The van der Waals surface area contributed by atoms with E-state index in [1.807, 2.05) is 19.3 Å². The molecule has 0 aliphatic rings. The Kier molecular flexibility index (Phi) is 4.93. The lowest BCUT2D eigenvalue weighted by atomic mass is 10.0. The van der Waals surface area contributed by atoms with E-state index in [4.69, 9.17) is 4.74 Å². The number of pyridine rings is 1. The van der Waals surface area contributed by atoms with Gasteiger partial charge in [0.2, 0.25) is 0 Å². The molecule has 1 aromatic carbocycles. The van der Waals surface area contributed by atoms with Crippen molar-refractivity contribution in [2.75, 3.05) is 14.2 Å². The molecule has 0 fully saturated rings. The van der Waals surface area contributed by atoms with Gasteiger partial charge in [0, 0.05) is 16.7 Å². The Morgan fingerprint density at radius 2 is 2.00 bits per heavy atom. The molecule has 19 heavy (non-hydrogen) atoms. The number of halogens is 1. The molecule has 1 atom stereocenters. The summed E-state index contributed by atoms with van der Waals surface area (Å²) in [6.07, 6.45) is 4.51. The highest BCUT2D eigenvalue weighted by molar-refractivity contribution is 9.10. The molecule has 1 heterocycles. The third-order valence-electron chi connectivity index (χ3n) is 3.07. The minimum atomic E-state index is 0.226. The number of nitrogens with zero attached hydrogens (tertiary/aromatic N) is 1. The fraction of sp³-hybridized carbons (Fsp3) is 0.267. The number of likely N-dealkylation sites (N-methyl/N-ethyl adjacent to an activating group) is 1. The molecule has 4 heteroatoms. The van der Waals surface area contributed by atoms with Crippen molar-refractivity contribution in [1.29, 1.82) is 0 Å². The predicted octanol–water partition coefficient (Wildman–Crippen LogP) is 3.36. The Morgan fingerprint density at radius 3 is 2.63 bits per heavy atom. The van der Waals surface area contributed by atoms with Crippen LogP contribution < -0.4 is 10.1 Å². The summed E-state index contributed by atoms with van der Waals surface area (Å²) in [5.41, 5.74) is 2.41. The third-order valence-corrected chi connectivity index (χ3v) is 3.60. The van der Waals surface area contributed by atoms with Gasteiger partial charge in [-0.2, -0.15) is 0 Å². The summed E-state index contributed by atoms with van der Waals surface area (Å²) in [6, 6.07) is 10.6. The van der Waals surface area contributed by atoms with E-state index in [-0.39, 0.29) is 6.04 Å². The summed E-state index contributed by atoms with van der Waals surface area (Å²) in [5, 5.41) is 3.33. The lowest BCUT2D eigenvalue weighted by Gasteiger charge is -2.17. The molecule has 3 nitrogen and oxygen atoms in total. The zero-order valence-electron chi connectivity index (χ0n) is 11.1. The Balaban J connectivity index is 2.17. The molecule has 2 aromatic rings. The summed E-state index contributed by atoms with van der Waals surface area (Å²) >= 11 is 3.45. The molecule has 0 aliphatic heterocycles. The smallest absolute Gasteiger partial charge is 0.137 e. The quantitative estimate of drug-likeness (QED) is 0.917. The monoisotopic (exact) mass is 320 g/mol. The second-order valence-electron chi connectivity index (χ2n) is 4.33. The van der Waals surface area contributed by atoms with Gasteiger partial charge in [0.15, 0.2) is 0 Å². The summed E-state index contributed by atoms with van der Waals surface area (Å²) in [4.78, 5) is 4.21. The standard InChI is InChI=1S/C15H17BrN2O/c1-17-15(7-11-3-5-13(16)6-4-11)12-8-14(19-2)10-18-9-12/h3-6,8-10,15,17H,7H2,1-2H3. The van der Waals surface area contributed by atoms with Gasteiger partial charge in [0.25, 0.3) is 0 Å². The van der Waals surface area contributed by atoms with Crippen LogP contribution in [0.2, 0.25) is 0 Å². The highest BCUT2D eigenvalue weighted by Gasteiger charge is 2.11. The van der Waals surface area contributed by atoms with E-state index in [2.05, 4.69) is 50.5 Å². The molecular formula is C15H17BrN2O. The maximum atomic E-state index is 5.22. The number of benzene rings is 1. The highest BCUT2D eigenvalue weighted by Crippen LogP contribution is 2.22. The van der Waals surface area contributed by atoms with E-state index in [1.165, 1.54) is 5.56 Å². The Labute approximate surface area is 122 Å². The summed E-state index contributed by atoms with van der Waals surface area (Å²) in [5.74, 6) is 0.786. The topological polar surface area (TPSA) is 34.2 Å². The average Bonchev–Trinajstić information content (AvgIpc) is 2.46. The molecule has 0 aliphatic carbocycles. The number of hydrogen-bond acceptors (Lipinski definition) is 3. The fourth-order valence-electron chi connectivity index (χ4n) is 1.98. The second-order valence-corrected chi connectivity index (χ2v) is 5.25. The van der Waals surface area contributed by atoms with Crippen molar-refractivity contribution in [3.8, 4) is 5.75 Å². The molecule has 0 spiro atoms. The maximum Gasteiger partial charge on any atom is 0.137 e. The van der Waals surface area contributed by atoms with Crippen molar-refractivity contribution in [2.24, 2.45) is 0 Å². The van der Waals surface area contributed by atoms with Crippen molar-refractivity contribution in [1.82, 2.24) is 10.3 Å². The van der Waals surface area contributed by atoms with Gasteiger partial charge in [0.05, 0.1) is 13.3 Å². The van der Waals surface area contributed by atoms with Crippen molar-refractivity contribution >= 4 is 15.9 Å². The van der Waals surface area contributed by atoms with Crippen LogP contribution in [-0.2, 0) is 6.42 Å². The van der Waals surface area contributed by atoms with Crippen LogP contribution in [0.25, 0.3) is 0 Å². The fourth-order valence-corrected chi connectivity index (χ4v) is 2.24. The molecule has 0 amide bonds. The maximum absolute atomic E-state index is 5.22. The van der Waals surface area contributed by atoms with Crippen molar-refractivity contribution in [3.05, 3.63) is 58.3 Å². The summed E-state index contributed by atoms with van der Waals surface area (Å²) < 4.78 is 6.32. The lowest BCUT2D eigenvalue weighted by Crippen LogP contribution is -2.19. The number of aromatic nitrogens is 1. The first-order valence-corrected chi connectivity index (χ1v) is 6.93. The molecule has 0 radical (unpaired) electrons. The minimum absolute atomic E-state index is 0.226. The van der Waals surface area contributed by atoms with E-state index in [0.29, 0.717) is 0 Å². The van der Waals surface area contributed by atoms with E-state index in [0.717, 1.165) is 22.2 Å². The van der Waals surface area contributed by atoms with Crippen LogP contribution in [0.1, 0.15) is 17.2 Å². The summed E-state index contributed by atoms with van der Waals surface area (Å²) in [7, 11) is 3.62. The van der Waals surface area contributed by atoms with E-state index >= 15 is 0 Å². The van der Waals surface area contributed by atoms with Crippen molar-refractivity contribution in [3.63, 3.8) is 0 Å². The van der Waals surface area contributed by atoms with Crippen molar-refractivity contribution < 1.29 is 4.74 Å². The van der Waals surface area contributed by atoms with Gasteiger partial charge >= 0.3 is 0 Å². The van der Waals surface area contributed by atoms with Crippen LogP contribution in [0.4, 0.5) is 0 Å². The van der Waals surface area contributed by atoms with Crippen molar-refractivity contribution in [2.45, 2.75) is 12.5 Å². The van der Waals surface area contributed by atoms with Crippen LogP contribution in [0, 0.1) is 0 Å². The molecule has 100 valence electrons. The highest BCUT2D eigenvalue weighted by atomic mass is 79.9. The van der Waals surface area contributed by atoms with Gasteiger partial charge in [0.1, 0.15) is 5.75 Å². The summed E-state index contributed by atoms with van der Waals surface area (Å²) in [6.45, 7) is 0. The first kappa shape index (κ1) is 14.0. The molecule has 1 N–H and O–H groups in total. The Morgan fingerprint density at radius 1 is 1.26 bits per heavy atom. The molecule has 0 saturated heterocycles. The first-order valence-electron chi connectivity index (χ1n) is 6.13. The van der Waals surface area contributed by atoms with Crippen LogP contribution in [-0.4, -0.2) is 19.1 Å². The molecule has 2 rings (SSSR count). The zero-order chi connectivity index (χ0) is 13.7. The van der Waals surface area contributed by atoms with Gasteiger partial charge in [-0.1, -0.05) is 28.1 Å². The normalized spacial score (nSPS) is 12.2. The van der Waals surface area contributed by atoms with E-state index < -0.39 is 0 Å². The Bertz CT molecular complexity index is 528. The third kappa shape index (κ3) is 3.78.